The highest BCUT2D eigenvalue weighted by molar-refractivity contribution is 5.96. The Morgan fingerprint density at radius 3 is 2.32 bits per heavy atom. The number of likely N-dealkylation sites (tertiary alicyclic amines) is 1. The molecule has 1 atom stereocenters. The topological polar surface area (TPSA) is 88.9 Å². The van der Waals surface area contributed by atoms with E-state index >= 15 is 0 Å². The number of quaternary nitrogens is 1. The van der Waals surface area contributed by atoms with E-state index < -0.39 is 0 Å². The van der Waals surface area contributed by atoms with E-state index in [9.17, 15) is 14.4 Å². The Kier molecular flexibility index (Phi) is 7.68. The smallest absolute Gasteiger partial charge is 0.321 e. The molecule has 0 radical (unpaired) electrons. The molecule has 0 spiro atoms. The summed E-state index contributed by atoms with van der Waals surface area (Å²) in [5, 5.41) is 5.38. The molecule has 1 aliphatic carbocycles. The Balaban J connectivity index is 1.72. The summed E-state index contributed by atoms with van der Waals surface area (Å²) in [5.74, 6) is -0.447. The van der Waals surface area contributed by atoms with Crippen molar-refractivity contribution in [1.29, 1.82) is 0 Å². The van der Waals surface area contributed by atoms with E-state index in [1.807, 2.05) is 13.8 Å². The van der Waals surface area contributed by atoms with Crippen LogP contribution >= 0.6 is 0 Å². The number of imide groups is 1. The molecule has 2 aliphatic rings. The van der Waals surface area contributed by atoms with E-state index in [2.05, 4.69) is 10.6 Å². The van der Waals surface area contributed by atoms with Crippen molar-refractivity contribution in [3.05, 3.63) is 0 Å². The average Bonchev–Trinajstić information content (AvgIpc) is 2.62. The third kappa shape index (κ3) is 5.99. The number of carbonyl (C=O) groups excluding carboxylic acids is 3. The van der Waals surface area contributed by atoms with E-state index in [4.69, 9.17) is 4.74 Å². The Morgan fingerprint density at radius 2 is 1.72 bits per heavy atom. The van der Waals surface area contributed by atoms with Crippen LogP contribution in [-0.2, 0) is 14.3 Å². The second-order valence-corrected chi connectivity index (χ2v) is 7.20. The van der Waals surface area contributed by atoms with Gasteiger partial charge in [0.1, 0.15) is 0 Å². The molecule has 25 heavy (non-hydrogen) atoms. The number of amides is 3. The molecule has 1 saturated carbocycles. The van der Waals surface area contributed by atoms with Crippen molar-refractivity contribution in [2.75, 3.05) is 19.7 Å². The van der Waals surface area contributed by atoms with Gasteiger partial charge in [0.15, 0.2) is 6.04 Å². The van der Waals surface area contributed by atoms with Crippen LogP contribution in [0.4, 0.5) is 4.79 Å². The molecule has 1 aliphatic heterocycles. The zero-order valence-electron chi connectivity index (χ0n) is 15.4. The number of ether oxygens (including phenoxy) is 1. The van der Waals surface area contributed by atoms with Gasteiger partial charge in [-0.05, 0) is 26.7 Å². The highest BCUT2D eigenvalue weighted by Gasteiger charge is 2.34. The number of rotatable bonds is 5. The van der Waals surface area contributed by atoms with Crippen molar-refractivity contribution in [1.82, 2.24) is 10.6 Å². The van der Waals surface area contributed by atoms with Gasteiger partial charge in [0, 0.05) is 18.9 Å². The van der Waals surface area contributed by atoms with E-state index in [0.29, 0.717) is 6.61 Å². The summed E-state index contributed by atoms with van der Waals surface area (Å²) in [6, 6.07) is -0.505. The molecule has 1 saturated heterocycles. The number of carbonyl (C=O) groups is 3. The van der Waals surface area contributed by atoms with Crippen LogP contribution in [0.5, 0.6) is 0 Å². The van der Waals surface area contributed by atoms with Crippen molar-refractivity contribution < 1.29 is 24.0 Å². The summed E-state index contributed by atoms with van der Waals surface area (Å²) in [4.78, 5) is 37.2. The first-order chi connectivity index (χ1) is 12.0. The van der Waals surface area contributed by atoms with Crippen LogP contribution in [-0.4, -0.2) is 49.7 Å². The van der Waals surface area contributed by atoms with Crippen molar-refractivity contribution >= 4 is 17.9 Å². The normalized spacial score (nSPS) is 25.7. The van der Waals surface area contributed by atoms with Gasteiger partial charge < -0.3 is 15.0 Å². The Labute approximate surface area is 149 Å². The number of hydrogen-bond donors (Lipinski definition) is 3. The summed E-state index contributed by atoms with van der Waals surface area (Å²) in [6.07, 6.45) is 6.91. The second kappa shape index (κ2) is 9.75. The second-order valence-electron chi connectivity index (χ2n) is 7.20. The van der Waals surface area contributed by atoms with Crippen molar-refractivity contribution in [2.45, 2.75) is 70.9 Å². The predicted octanol–water partition coefficient (Wildman–Crippen LogP) is 0.391. The Bertz CT molecular complexity index is 469. The maximum absolute atomic E-state index is 12.3. The van der Waals surface area contributed by atoms with Crippen LogP contribution in [0.15, 0.2) is 0 Å². The fourth-order valence-electron chi connectivity index (χ4n) is 3.79. The van der Waals surface area contributed by atoms with Crippen LogP contribution in [0.2, 0.25) is 0 Å². The van der Waals surface area contributed by atoms with Gasteiger partial charge in [-0.3, -0.25) is 14.9 Å². The zero-order valence-corrected chi connectivity index (χ0v) is 15.4. The monoisotopic (exact) mass is 354 g/mol. The molecule has 7 nitrogen and oxygen atoms in total. The van der Waals surface area contributed by atoms with Gasteiger partial charge in [-0.1, -0.05) is 19.3 Å². The number of piperidine rings is 1. The van der Waals surface area contributed by atoms with Crippen LogP contribution < -0.4 is 15.5 Å². The lowest BCUT2D eigenvalue weighted by Crippen LogP contribution is -3.17. The standard InChI is InChI=1S/C18H31N3O4/c1-3-25-17(23)14-9-11-21(12-10-14)13(2)16(22)20-18(24)19-15-7-5-4-6-8-15/h13-15H,3-12H2,1-2H3,(H2,19,20,22,24)/p+1/t13-/m0/s1. The van der Waals surface area contributed by atoms with Crippen LogP contribution in [0.3, 0.4) is 0 Å². The van der Waals surface area contributed by atoms with E-state index in [1.54, 1.807) is 0 Å². The van der Waals surface area contributed by atoms with Crippen molar-refractivity contribution in [2.24, 2.45) is 5.92 Å². The lowest BCUT2D eigenvalue weighted by molar-refractivity contribution is -0.919. The van der Waals surface area contributed by atoms with Gasteiger partial charge in [-0.25, -0.2) is 4.79 Å². The molecule has 3 amide bonds. The molecule has 0 unspecified atom stereocenters. The van der Waals surface area contributed by atoms with Gasteiger partial charge in [-0.2, -0.15) is 0 Å². The zero-order chi connectivity index (χ0) is 18.2. The SMILES string of the molecule is CCOC(=O)C1CC[NH+]([C@@H](C)C(=O)NC(=O)NC2CCCCC2)CC1. The summed E-state index contributed by atoms with van der Waals surface area (Å²) in [5.41, 5.74) is 0. The minimum absolute atomic E-state index is 0.0615. The molecule has 1 heterocycles. The predicted molar refractivity (Wildman–Crippen MR) is 93.1 cm³/mol. The van der Waals surface area contributed by atoms with Gasteiger partial charge in [0.05, 0.1) is 25.6 Å². The first-order valence-electron chi connectivity index (χ1n) is 9.63. The van der Waals surface area contributed by atoms with E-state index in [0.717, 1.165) is 56.5 Å². The molecule has 0 aromatic carbocycles. The van der Waals surface area contributed by atoms with Crippen molar-refractivity contribution in [3.8, 4) is 0 Å². The van der Waals surface area contributed by atoms with Crippen LogP contribution in [0, 0.1) is 5.92 Å². The number of esters is 1. The molecule has 3 N–H and O–H groups in total. The lowest BCUT2D eigenvalue weighted by Gasteiger charge is -2.31. The molecule has 0 aromatic heterocycles. The molecule has 142 valence electrons. The third-order valence-electron chi connectivity index (χ3n) is 5.43. The summed E-state index contributed by atoms with van der Waals surface area (Å²) >= 11 is 0. The maximum Gasteiger partial charge on any atom is 0.321 e. The minimum atomic E-state index is -0.385. The summed E-state index contributed by atoms with van der Waals surface area (Å²) in [7, 11) is 0. The maximum atomic E-state index is 12.3. The van der Waals surface area contributed by atoms with Gasteiger partial charge in [0.25, 0.3) is 5.91 Å². The highest BCUT2D eigenvalue weighted by atomic mass is 16.5. The van der Waals surface area contributed by atoms with E-state index in [-0.39, 0.29) is 35.9 Å². The number of hydrogen-bond acceptors (Lipinski definition) is 4. The first kappa shape index (κ1) is 19.7. The Hall–Kier alpha value is -1.63. The van der Waals surface area contributed by atoms with Gasteiger partial charge in [-0.15, -0.1) is 0 Å². The largest absolute Gasteiger partial charge is 0.466 e. The quantitative estimate of drug-likeness (QED) is 0.623. The highest BCUT2D eigenvalue weighted by Crippen LogP contribution is 2.17. The Morgan fingerprint density at radius 1 is 1.08 bits per heavy atom. The summed E-state index contributed by atoms with van der Waals surface area (Å²) < 4.78 is 5.07. The molecule has 7 heteroatoms. The molecular formula is C18H32N3O4+. The molecule has 0 bridgehead atoms. The molecule has 2 rings (SSSR count). The molecule has 2 fully saturated rings. The van der Waals surface area contributed by atoms with Gasteiger partial charge >= 0.3 is 12.0 Å². The third-order valence-corrected chi connectivity index (χ3v) is 5.43. The van der Waals surface area contributed by atoms with E-state index in [1.165, 1.54) is 6.42 Å². The molecule has 0 aromatic rings. The minimum Gasteiger partial charge on any atom is -0.466 e. The first-order valence-corrected chi connectivity index (χ1v) is 9.63. The fraction of sp³-hybridized carbons (Fsp3) is 0.833. The van der Waals surface area contributed by atoms with Gasteiger partial charge in [0.2, 0.25) is 0 Å². The molecular weight excluding hydrogens is 322 g/mol. The average molecular weight is 354 g/mol. The fourth-order valence-corrected chi connectivity index (χ4v) is 3.79. The van der Waals surface area contributed by atoms with Crippen LogP contribution in [0.1, 0.15) is 58.8 Å². The van der Waals surface area contributed by atoms with Crippen molar-refractivity contribution in [3.63, 3.8) is 0 Å². The number of urea groups is 1. The van der Waals surface area contributed by atoms with Crippen LogP contribution in [0.25, 0.3) is 0 Å². The number of nitrogens with one attached hydrogen (secondary N) is 3. The summed E-state index contributed by atoms with van der Waals surface area (Å²) in [6.45, 7) is 5.53. The lowest BCUT2D eigenvalue weighted by atomic mass is 9.95.